The summed E-state index contributed by atoms with van der Waals surface area (Å²) in [4.78, 5) is 34.1. The van der Waals surface area contributed by atoms with Crippen LogP contribution in [0.15, 0.2) is 42.1 Å². The Morgan fingerprint density at radius 1 is 1.03 bits per heavy atom. The van der Waals surface area contributed by atoms with E-state index in [0.717, 1.165) is 17.0 Å². The van der Waals surface area contributed by atoms with Crippen LogP contribution in [0.1, 0.15) is 24.0 Å². The molecule has 174 valence electrons. The summed E-state index contributed by atoms with van der Waals surface area (Å²) in [5.41, 5.74) is 1.54. The van der Waals surface area contributed by atoms with Gasteiger partial charge in [-0.1, -0.05) is 23.7 Å². The predicted molar refractivity (Wildman–Crippen MR) is 122 cm³/mol. The zero-order chi connectivity index (χ0) is 23.5. The maximum Gasteiger partial charge on any atom is 0.273 e. The zero-order valence-electron chi connectivity index (χ0n) is 18.7. The minimum absolute atomic E-state index is 0.107. The molecule has 0 spiro atoms. The number of benzene rings is 2. The van der Waals surface area contributed by atoms with E-state index in [1.165, 1.54) is 21.3 Å². The van der Waals surface area contributed by atoms with Crippen LogP contribution in [0.2, 0.25) is 5.02 Å². The van der Waals surface area contributed by atoms with Crippen LogP contribution in [0.25, 0.3) is 6.08 Å². The van der Waals surface area contributed by atoms with Gasteiger partial charge in [0.05, 0.1) is 21.3 Å². The molecule has 2 aliphatic rings. The zero-order valence-corrected chi connectivity index (χ0v) is 19.4. The van der Waals surface area contributed by atoms with Gasteiger partial charge in [-0.2, -0.15) is 5.06 Å². The molecule has 0 bridgehead atoms. The van der Waals surface area contributed by atoms with Gasteiger partial charge in [0.1, 0.15) is 18.3 Å². The number of hydrogen-bond donors (Lipinski definition) is 0. The van der Waals surface area contributed by atoms with Crippen molar-refractivity contribution >= 4 is 29.5 Å². The third-order valence-corrected chi connectivity index (χ3v) is 5.95. The molecule has 2 aromatic rings. The first-order chi connectivity index (χ1) is 16.0. The molecular formula is C24H25ClN2O6. The molecule has 0 N–H and O–H groups in total. The standard InChI is InChI=1S/C24H25ClN2O6/c1-30-20-12-16(13-21(31-2)22(20)32-3)11-19-23(28)26-10-4-5-18(26)24(29)27(19)33-14-15-6-8-17(25)9-7-15/h6-9,11-13,18H,4-5,10,14H2,1-3H3/b19-11+/t18-/m0/s1. The molecule has 0 radical (unpaired) electrons. The van der Waals surface area contributed by atoms with E-state index in [4.69, 9.17) is 30.6 Å². The first kappa shape index (κ1) is 22.9. The van der Waals surface area contributed by atoms with Crippen molar-refractivity contribution in [3.63, 3.8) is 0 Å². The topological polar surface area (TPSA) is 77.5 Å². The van der Waals surface area contributed by atoms with E-state index < -0.39 is 6.04 Å². The number of carbonyl (C=O) groups is 2. The monoisotopic (exact) mass is 472 g/mol. The number of nitrogens with zero attached hydrogens (tertiary/aromatic N) is 2. The molecule has 2 heterocycles. The Hall–Kier alpha value is -3.23. The molecule has 2 aliphatic heterocycles. The average molecular weight is 473 g/mol. The third-order valence-electron chi connectivity index (χ3n) is 5.70. The van der Waals surface area contributed by atoms with Crippen molar-refractivity contribution < 1.29 is 28.6 Å². The van der Waals surface area contributed by atoms with Crippen LogP contribution in [0.4, 0.5) is 0 Å². The first-order valence-electron chi connectivity index (χ1n) is 10.5. The smallest absolute Gasteiger partial charge is 0.273 e. The lowest BCUT2D eigenvalue weighted by Crippen LogP contribution is -2.55. The number of hydrogen-bond acceptors (Lipinski definition) is 6. The van der Waals surface area contributed by atoms with E-state index in [-0.39, 0.29) is 24.1 Å². The fourth-order valence-corrected chi connectivity index (χ4v) is 4.20. The van der Waals surface area contributed by atoms with Crippen LogP contribution >= 0.6 is 11.6 Å². The van der Waals surface area contributed by atoms with Gasteiger partial charge in [0.15, 0.2) is 11.5 Å². The first-order valence-corrected chi connectivity index (χ1v) is 10.9. The quantitative estimate of drug-likeness (QED) is 0.572. The van der Waals surface area contributed by atoms with Gasteiger partial charge < -0.3 is 19.1 Å². The maximum atomic E-state index is 13.3. The lowest BCUT2D eigenvalue weighted by molar-refractivity contribution is -0.194. The maximum absolute atomic E-state index is 13.3. The molecule has 2 saturated heterocycles. The van der Waals surface area contributed by atoms with Crippen molar-refractivity contribution in [2.45, 2.75) is 25.5 Å². The molecule has 4 rings (SSSR count). The Balaban J connectivity index is 1.72. The summed E-state index contributed by atoms with van der Waals surface area (Å²) in [5, 5.41) is 1.72. The van der Waals surface area contributed by atoms with Gasteiger partial charge in [-0.15, -0.1) is 0 Å². The van der Waals surface area contributed by atoms with Crippen molar-refractivity contribution in [1.82, 2.24) is 9.96 Å². The van der Waals surface area contributed by atoms with E-state index >= 15 is 0 Å². The number of halogens is 1. The van der Waals surface area contributed by atoms with Gasteiger partial charge in [-0.3, -0.25) is 14.4 Å². The molecule has 33 heavy (non-hydrogen) atoms. The molecule has 0 saturated carbocycles. The molecule has 0 aromatic heterocycles. The van der Waals surface area contributed by atoms with Gasteiger partial charge in [0.2, 0.25) is 5.75 Å². The Morgan fingerprint density at radius 2 is 1.70 bits per heavy atom. The van der Waals surface area contributed by atoms with Gasteiger partial charge in [0.25, 0.3) is 11.8 Å². The summed E-state index contributed by atoms with van der Waals surface area (Å²) >= 11 is 5.95. The van der Waals surface area contributed by atoms with Gasteiger partial charge in [-0.05, 0) is 54.3 Å². The number of amides is 2. The Labute approximate surface area is 197 Å². The van der Waals surface area contributed by atoms with Crippen LogP contribution in [-0.2, 0) is 21.0 Å². The molecule has 0 aliphatic carbocycles. The van der Waals surface area contributed by atoms with E-state index in [1.807, 2.05) is 12.1 Å². The van der Waals surface area contributed by atoms with Crippen LogP contribution in [0.5, 0.6) is 17.2 Å². The Bertz CT molecular complexity index is 1060. The van der Waals surface area contributed by atoms with Gasteiger partial charge in [-0.25, -0.2) is 0 Å². The number of hydroxylamine groups is 2. The number of methoxy groups -OCH3 is 3. The number of ether oxygens (including phenoxy) is 3. The summed E-state index contributed by atoms with van der Waals surface area (Å²) in [5.74, 6) is 0.780. The highest BCUT2D eigenvalue weighted by atomic mass is 35.5. The number of fused-ring (bicyclic) bond motifs is 1. The fourth-order valence-electron chi connectivity index (χ4n) is 4.07. The molecule has 2 fully saturated rings. The van der Waals surface area contributed by atoms with Crippen molar-refractivity contribution in [2.75, 3.05) is 27.9 Å². The SMILES string of the molecule is COc1cc(/C=C2\C(=O)N3CCC[C@H]3C(=O)N2OCc2ccc(Cl)cc2)cc(OC)c1OC. The second kappa shape index (κ2) is 9.72. The third kappa shape index (κ3) is 4.49. The second-order valence-corrected chi connectivity index (χ2v) is 8.11. The minimum Gasteiger partial charge on any atom is -0.493 e. The lowest BCUT2D eigenvalue weighted by Gasteiger charge is -2.37. The van der Waals surface area contributed by atoms with E-state index in [2.05, 4.69) is 0 Å². The highest BCUT2D eigenvalue weighted by molar-refractivity contribution is 6.30. The minimum atomic E-state index is -0.514. The normalized spacial score (nSPS) is 19.2. The highest BCUT2D eigenvalue weighted by Gasteiger charge is 2.46. The molecule has 8 nitrogen and oxygen atoms in total. The Kier molecular flexibility index (Phi) is 6.76. The van der Waals surface area contributed by atoms with Crippen LogP contribution < -0.4 is 14.2 Å². The Morgan fingerprint density at radius 3 is 2.30 bits per heavy atom. The van der Waals surface area contributed by atoms with Gasteiger partial charge in [0, 0.05) is 11.6 Å². The molecule has 1 atom stereocenters. The molecular weight excluding hydrogens is 448 g/mol. The largest absolute Gasteiger partial charge is 0.493 e. The molecule has 2 amide bonds. The van der Waals surface area contributed by atoms with E-state index in [0.29, 0.717) is 40.8 Å². The van der Waals surface area contributed by atoms with Crippen molar-refractivity contribution in [1.29, 1.82) is 0 Å². The summed E-state index contributed by atoms with van der Waals surface area (Å²) in [6.45, 7) is 0.641. The van der Waals surface area contributed by atoms with Crippen LogP contribution in [0.3, 0.4) is 0 Å². The fraction of sp³-hybridized carbons (Fsp3) is 0.333. The number of rotatable bonds is 7. The molecule has 9 heteroatoms. The van der Waals surface area contributed by atoms with Crippen LogP contribution in [-0.4, -0.2) is 55.7 Å². The molecule has 0 unspecified atom stereocenters. The van der Waals surface area contributed by atoms with E-state index in [9.17, 15) is 9.59 Å². The summed E-state index contributed by atoms with van der Waals surface area (Å²) in [6.07, 6.45) is 2.98. The van der Waals surface area contributed by atoms with Crippen molar-refractivity contribution in [2.24, 2.45) is 0 Å². The van der Waals surface area contributed by atoms with Crippen molar-refractivity contribution in [3.8, 4) is 17.2 Å². The van der Waals surface area contributed by atoms with Crippen LogP contribution in [0, 0.1) is 0 Å². The number of piperazine rings is 1. The number of carbonyl (C=O) groups excluding carboxylic acids is 2. The second-order valence-electron chi connectivity index (χ2n) is 7.68. The predicted octanol–water partition coefficient (Wildman–Crippen LogP) is 3.67. The summed E-state index contributed by atoms with van der Waals surface area (Å²) < 4.78 is 16.2. The van der Waals surface area contributed by atoms with E-state index in [1.54, 1.807) is 35.2 Å². The van der Waals surface area contributed by atoms with Gasteiger partial charge >= 0.3 is 0 Å². The highest BCUT2D eigenvalue weighted by Crippen LogP contribution is 2.39. The van der Waals surface area contributed by atoms with Crippen molar-refractivity contribution in [3.05, 3.63) is 58.2 Å². The summed E-state index contributed by atoms with van der Waals surface area (Å²) in [6, 6.07) is 10.0. The average Bonchev–Trinajstić information content (AvgIpc) is 3.33. The summed E-state index contributed by atoms with van der Waals surface area (Å²) in [7, 11) is 4.54. The molecule has 2 aromatic carbocycles. The lowest BCUT2D eigenvalue weighted by atomic mass is 10.1.